The number of para-hydroxylation sites is 2. The van der Waals surface area contributed by atoms with Crippen molar-refractivity contribution in [1.29, 1.82) is 0 Å². The Morgan fingerprint density at radius 2 is 1.95 bits per heavy atom. The van der Waals surface area contributed by atoms with E-state index in [4.69, 9.17) is 4.74 Å². The second-order valence-electron chi connectivity index (χ2n) is 5.34. The van der Waals surface area contributed by atoms with E-state index in [1.807, 2.05) is 36.4 Å². The molecule has 0 spiro atoms. The zero-order valence-corrected chi connectivity index (χ0v) is 13.9. The number of hydrogen-bond donors (Lipinski definition) is 2. The fourth-order valence-electron chi connectivity index (χ4n) is 1.85. The van der Waals surface area contributed by atoms with Crippen LogP contribution in [0.1, 0.15) is 19.4 Å². The van der Waals surface area contributed by atoms with Gasteiger partial charge in [-0.05, 0) is 51.7 Å². The van der Waals surface area contributed by atoms with Gasteiger partial charge >= 0.3 is 0 Å². The Morgan fingerprint density at radius 1 is 1.19 bits per heavy atom. The molecule has 21 heavy (non-hydrogen) atoms. The monoisotopic (exact) mass is 349 g/mol. The molecular formula is C17H20BrNO2. The first-order valence-corrected chi connectivity index (χ1v) is 7.78. The summed E-state index contributed by atoms with van der Waals surface area (Å²) in [5, 5.41) is 12.9. The van der Waals surface area contributed by atoms with Crippen molar-refractivity contribution >= 4 is 21.6 Å². The van der Waals surface area contributed by atoms with E-state index in [1.54, 1.807) is 6.07 Å². The van der Waals surface area contributed by atoms with Crippen LogP contribution in [0.4, 0.5) is 5.69 Å². The molecule has 0 aliphatic carbocycles. The highest BCUT2D eigenvalue weighted by Crippen LogP contribution is 2.27. The quantitative estimate of drug-likeness (QED) is 0.786. The van der Waals surface area contributed by atoms with Gasteiger partial charge in [0.1, 0.15) is 11.5 Å². The van der Waals surface area contributed by atoms with Gasteiger partial charge in [-0.25, -0.2) is 0 Å². The van der Waals surface area contributed by atoms with Crippen LogP contribution >= 0.6 is 15.9 Å². The zero-order chi connectivity index (χ0) is 15.2. The molecule has 0 atom stereocenters. The highest BCUT2D eigenvalue weighted by Gasteiger charge is 2.05. The summed E-state index contributed by atoms with van der Waals surface area (Å²) in [5.74, 6) is 1.61. The average Bonchev–Trinajstić information content (AvgIpc) is 2.47. The summed E-state index contributed by atoms with van der Waals surface area (Å²) in [6, 6.07) is 13.4. The molecule has 0 unspecified atom stereocenters. The van der Waals surface area contributed by atoms with E-state index in [-0.39, 0.29) is 5.75 Å². The molecule has 0 fully saturated rings. The lowest BCUT2D eigenvalue weighted by molar-refractivity contribution is 0.272. The van der Waals surface area contributed by atoms with Crippen molar-refractivity contribution in [2.45, 2.75) is 20.4 Å². The molecule has 0 aliphatic rings. The highest BCUT2D eigenvalue weighted by atomic mass is 79.9. The number of rotatable bonds is 6. The number of ether oxygens (including phenoxy) is 1. The number of hydrogen-bond acceptors (Lipinski definition) is 3. The Hall–Kier alpha value is -1.68. The first kappa shape index (κ1) is 15.7. The largest absolute Gasteiger partial charge is 0.507 e. The zero-order valence-electron chi connectivity index (χ0n) is 12.3. The maximum atomic E-state index is 9.51. The predicted octanol–water partition coefficient (Wildman–Crippen LogP) is 4.80. The van der Waals surface area contributed by atoms with Gasteiger partial charge in [0.2, 0.25) is 0 Å². The minimum absolute atomic E-state index is 0.249. The topological polar surface area (TPSA) is 41.5 Å². The van der Waals surface area contributed by atoms with Gasteiger partial charge in [-0.2, -0.15) is 0 Å². The molecule has 3 nitrogen and oxygen atoms in total. The second-order valence-corrected chi connectivity index (χ2v) is 6.19. The lowest BCUT2D eigenvalue weighted by atomic mass is 10.2. The van der Waals surface area contributed by atoms with E-state index >= 15 is 0 Å². The molecule has 112 valence electrons. The summed E-state index contributed by atoms with van der Waals surface area (Å²) in [6.45, 7) is 5.62. The number of benzene rings is 2. The summed E-state index contributed by atoms with van der Waals surface area (Å²) in [4.78, 5) is 0. The van der Waals surface area contributed by atoms with Gasteiger partial charge in [-0.15, -0.1) is 0 Å². The molecule has 0 radical (unpaired) electrons. The van der Waals surface area contributed by atoms with Crippen LogP contribution in [0, 0.1) is 5.92 Å². The van der Waals surface area contributed by atoms with E-state index in [9.17, 15) is 5.11 Å². The molecule has 2 aromatic carbocycles. The summed E-state index contributed by atoms with van der Waals surface area (Å²) in [6.07, 6.45) is 0. The normalized spacial score (nSPS) is 10.7. The molecule has 4 heteroatoms. The third-order valence-corrected chi connectivity index (χ3v) is 3.59. The lowest BCUT2D eigenvalue weighted by Gasteiger charge is -2.14. The van der Waals surface area contributed by atoms with E-state index < -0.39 is 0 Å². The fourth-order valence-corrected chi connectivity index (χ4v) is 2.28. The Morgan fingerprint density at radius 3 is 2.67 bits per heavy atom. The molecule has 0 saturated carbocycles. The Kier molecular flexibility index (Phi) is 5.51. The molecule has 2 aromatic rings. The maximum absolute atomic E-state index is 9.51. The molecule has 0 aromatic heterocycles. The summed E-state index contributed by atoms with van der Waals surface area (Å²) in [7, 11) is 0. The molecular weight excluding hydrogens is 330 g/mol. The van der Waals surface area contributed by atoms with Crippen LogP contribution in [0.3, 0.4) is 0 Å². The number of halogens is 1. The first-order chi connectivity index (χ1) is 10.1. The number of phenols is 1. The molecule has 0 bridgehead atoms. The fraction of sp³-hybridized carbons (Fsp3) is 0.294. The second kappa shape index (κ2) is 7.36. The van der Waals surface area contributed by atoms with Crippen LogP contribution in [-0.4, -0.2) is 11.7 Å². The third kappa shape index (κ3) is 4.67. The summed E-state index contributed by atoms with van der Waals surface area (Å²) < 4.78 is 6.52. The van der Waals surface area contributed by atoms with Crippen molar-refractivity contribution in [2.24, 2.45) is 5.92 Å². The van der Waals surface area contributed by atoms with E-state index in [0.717, 1.165) is 17.0 Å². The van der Waals surface area contributed by atoms with Gasteiger partial charge in [0.25, 0.3) is 0 Å². The maximum Gasteiger partial charge on any atom is 0.142 e. The summed E-state index contributed by atoms with van der Waals surface area (Å²) in [5.41, 5.74) is 2.06. The molecule has 2 N–H and O–H groups in total. The molecule has 2 rings (SSSR count). The highest BCUT2D eigenvalue weighted by molar-refractivity contribution is 9.10. The van der Waals surface area contributed by atoms with Gasteiger partial charge < -0.3 is 15.2 Å². The van der Waals surface area contributed by atoms with Gasteiger partial charge in [-0.3, -0.25) is 0 Å². The van der Waals surface area contributed by atoms with Crippen LogP contribution in [0.15, 0.2) is 46.9 Å². The lowest BCUT2D eigenvalue weighted by Crippen LogP contribution is -2.07. The van der Waals surface area contributed by atoms with Crippen molar-refractivity contribution < 1.29 is 9.84 Å². The van der Waals surface area contributed by atoms with Crippen molar-refractivity contribution in [3.05, 3.63) is 52.5 Å². The average molecular weight is 350 g/mol. The van der Waals surface area contributed by atoms with Crippen LogP contribution in [0.2, 0.25) is 0 Å². The van der Waals surface area contributed by atoms with E-state index in [1.165, 1.54) is 0 Å². The van der Waals surface area contributed by atoms with Crippen molar-refractivity contribution in [3.63, 3.8) is 0 Å². The number of nitrogens with one attached hydrogen (secondary N) is 1. The van der Waals surface area contributed by atoms with Crippen molar-refractivity contribution in [3.8, 4) is 11.5 Å². The Bertz CT molecular complexity index is 599. The molecule has 0 saturated heterocycles. The number of anilines is 1. The van der Waals surface area contributed by atoms with Crippen molar-refractivity contribution in [1.82, 2.24) is 0 Å². The minimum atomic E-state index is 0.249. The van der Waals surface area contributed by atoms with Gasteiger partial charge in [-0.1, -0.05) is 32.0 Å². The van der Waals surface area contributed by atoms with Crippen LogP contribution in [0.25, 0.3) is 0 Å². The van der Waals surface area contributed by atoms with E-state index in [0.29, 0.717) is 23.5 Å². The summed E-state index contributed by atoms with van der Waals surface area (Å²) >= 11 is 3.33. The predicted molar refractivity (Wildman–Crippen MR) is 89.9 cm³/mol. The third-order valence-electron chi connectivity index (χ3n) is 2.95. The number of aromatic hydroxyl groups is 1. The van der Waals surface area contributed by atoms with Crippen molar-refractivity contribution in [2.75, 3.05) is 11.9 Å². The number of phenolic OH excluding ortho intramolecular Hbond substituents is 1. The Labute approximate surface area is 134 Å². The first-order valence-electron chi connectivity index (χ1n) is 6.99. The molecule has 0 heterocycles. The van der Waals surface area contributed by atoms with Gasteiger partial charge in [0.05, 0.1) is 16.8 Å². The van der Waals surface area contributed by atoms with E-state index in [2.05, 4.69) is 35.1 Å². The smallest absolute Gasteiger partial charge is 0.142 e. The SMILES string of the molecule is CC(C)COc1ccccc1NCc1ccc(O)c(Br)c1. The van der Waals surface area contributed by atoms with Crippen LogP contribution < -0.4 is 10.1 Å². The minimum Gasteiger partial charge on any atom is -0.507 e. The van der Waals surface area contributed by atoms with Gasteiger partial charge in [0, 0.05) is 6.54 Å². The molecule has 0 amide bonds. The van der Waals surface area contributed by atoms with Gasteiger partial charge in [0.15, 0.2) is 0 Å². The van der Waals surface area contributed by atoms with Crippen LogP contribution in [-0.2, 0) is 6.54 Å². The van der Waals surface area contributed by atoms with Crippen LogP contribution in [0.5, 0.6) is 11.5 Å². The molecule has 0 aliphatic heterocycles. The Balaban J connectivity index is 2.03. The standard InChI is InChI=1S/C17H20BrNO2/c1-12(2)11-21-17-6-4-3-5-15(17)19-10-13-7-8-16(20)14(18)9-13/h3-9,12,19-20H,10-11H2,1-2H3.